The molecule has 0 fully saturated rings. The molecule has 0 saturated carbocycles. The van der Waals surface area contributed by atoms with Gasteiger partial charge in [0.15, 0.2) is 0 Å². The van der Waals surface area contributed by atoms with Crippen LogP contribution in [0.1, 0.15) is 122 Å². The molecule has 0 bridgehead atoms. The second-order valence-electron chi connectivity index (χ2n) is 9.34. The first-order chi connectivity index (χ1) is 15.4. The molecular formula is C27H47NaO4S. The SMILES string of the molecule is CCCCCCCCCc1ccc(CCCCCCCCC)c(OC(C)CS(=O)(=O)[O-])c1.[Na+]. The molecule has 1 atom stereocenters. The maximum atomic E-state index is 11.1. The van der Waals surface area contributed by atoms with Gasteiger partial charge in [-0.3, -0.25) is 0 Å². The Hall–Kier alpha value is -0.0700. The molecule has 0 radical (unpaired) electrons. The van der Waals surface area contributed by atoms with Crippen molar-refractivity contribution >= 4 is 10.1 Å². The molecule has 1 aromatic rings. The van der Waals surface area contributed by atoms with E-state index >= 15 is 0 Å². The van der Waals surface area contributed by atoms with Crippen LogP contribution >= 0.6 is 0 Å². The van der Waals surface area contributed by atoms with E-state index in [2.05, 4.69) is 32.0 Å². The van der Waals surface area contributed by atoms with E-state index in [-0.39, 0.29) is 29.6 Å². The predicted molar refractivity (Wildman–Crippen MR) is 134 cm³/mol. The molecule has 0 aliphatic rings. The molecule has 186 valence electrons. The van der Waals surface area contributed by atoms with Crippen molar-refractivity contribution in [3.8, 4) is 5.75 Å². The van der Waals surface area contributed by atoms with Gasteiger partial charge in [0.2, 0.25) is 0 Å². The summed E-state index contributed by atoms with van der Waals surface area (Å²) in [6, 6.07) is 6.40. The van der Waals surface area contributed by atoms with Crippen LogP contribution in [0.25, 0.3) is 0 Å². The third-order valence-electron chi connectivity index (χ3n) is 6.02. The van der Waals surface area contributed by atoms with Gasteiger partial charge in [-0.2, -0.15) is 0 Å². The van der Waals surface area contributed by atoms with E-state index in [1.165, 1.54) is 82.6 Å². The first-order valence-corrected chi connectivity index (χ1v) is 14.7. The zero-order valence-electron chi connectivity index (χ0n) is 21.9. The molecule has 1 rings (SSSR count). The van der Waals surface area contributed by atoms with Gasteiger partial charge in [0.05, 0.1) is 15.9 Å². The summed E-state index contributed by atoms with van der Waals surface area (Å²) in [7, 11) is -4.30. The van der Waals surface area contributed by atoms with Crippen molar-refractivity contribution in [1.29, 1.82) is 0 Å². The van der Waals surface area contributed by atoms with Gasteiger partial charge in [-0.1, -0.05) is 103 Å². The first kappa shape index (κ1) is 32.9. The van der Waals surface area contributed by atoms with E-state index < -0.39 is 22.0 Å². The Labute approximate surface area is 226 Å². The van der Waals surface area contributed by atoms with Gasteiger partial charge in [0, 0.05) is 0 Å². The summed E-state index contributed by atoms with van der Waals surface area (Å²) in [5.74, 6) is 0.263. The normalized spacial score (nSPS) is 12.4. The molecule has 0 aromatic heterocycles. The van der Waals surface area contributed by atoms with E-state index in [9.17, 15) is 13.0 Å². The fraction of sp³-hybridized carbons (Fsp3) is 0.778. The minimum absolute atomic E-state index is 0. The monoisotopic (exact) mass is 490 g/mol. The van der Waals surface area contributed by atoms with E-state index in [4.69, 9.17) is 4.74 Å². The Morgan fingerprint density at radius 1 is 0.788 bits per heavy atom. The van der Waals surface area contributed by atoms with Crippen LogP contribution < -0.4 is 34.3 Å². The summed E-state index contributed by atoms with van der Waals surface area (Å²) in [6.45, 7) is 6.14. The Morgan fingerprint density at radius 3 is 1.79 bits per heavy atom. The number of ether oxygens (including phenoxy) is 1. The third-order valence-corrected chi connectivity index (χ3v) is 6.89. The van der Waals surface area contributed by atoms with Crippen LogP contribution in [0.3, 0.4) is 0 Å². The number of hydrogen-bond acceptors (Lipinski definition) is 4. The Balaban J connectivity index is 0.0000102. The summed E-state index contributed by atoms with van der Waals surface area (Å²) in [6.07, 6.45) is 19.0. The van der Waals surface area contributed by atoms with Gasteiger partial charge in [-0.05, 0) is 49.8 Å². The summed E-state index contributed by atoms with van der Waals surface area (Å²) in [5.41, 5.74) is 2.35. The molecule has 4 nitrogen and oxygen atoms in total. The van der Waals surface area contributed by atoms with Gasteiger partial charge in [0.1, 0.15) is 11.9 Å². The number of rotatable bonds is 20. The van der Waals surface area contributed by atoms with Crippen molar-refractivity contribution in [1.82, 2.24) is 0 Å². The fourth-order valence-corrected chi connectivity index (χ4v) is 4.81. The number of hydrogen-bond donors (Lipinski definition) is 0. The zero-order chi connectivity index (χ0) is 23.7. The van der Waals surface area contributed by atoms with Crippen LogP contribution in [-0.2, 0) is 23.0 Å². The number of aryl methyl sites for hydroxylation is 2. The van der Waals surface area contributed by atoms with Gasteiger partial charge >= 0.3 is 29.6 Å². The smallest absolute Gasteiger partial charge is 0.748 e. The van der Waals surface area contributed by atoms with E-state index in [0.29, 0.717) is 0 Å². The summed E-state index contributed by atoms with van der Waals surface area (Å²) < 4.78 is 39.4. The van der Waals surface area contributed by atoms with Crippen molar-refractivity contribution in [3.63, 3.8) is 0 Å². The van der Waals surface area contributed by atoms with E-state index in [1.807, 2.05) is 0 Å². The Bertz CT molecular complexity index is 706. The second-order valence-corrected chi connectivity index (χ2v) is 10.8. The van der Waals surface area contributed by atoms with E-state index in [1.54, 1.807) is 6.92 Å². The fourth-order valence-electron chi connectivity index (χ4n) is 4.17. The number of benzene rings is 1. The molecule has 0 amide bonds. The minimum atomic E-state index is -4.30. The van der Waals surface area contributed by atoms with Crippen molar-refractivity contribution < 1.29 is 47.3 Å². The zero-order valence-corrected chi connectivity index (χ0v) is 24.7. The van der Waals surface area contributed by atoms with Crippen LogP contribution in [0.5, 0.6) is 5.75 Å². The van der Waals surface area contributed by atoms with Crippen LogP contribution in [0.4, 0.5) is 0 Å². The van der Waals surface area contributed by atoms with Crippen LogP contribution in [0.15, 0.2) is 18.2 Å². The van der Waals surface area contributed by atoms with Crippen molar-refractivity contribution in [2.24, 2.45) is 0 Å². The maximum absolute atomic E-state index is 11.1. The van der Waals surface area contributed by atoms with Crippen molar-refractivity contribution in [3.05, 3.63) is 29.3 Å². The summed E-state index contributed by atoms with van der Waals surface area (Å²) in [5, 5.41) is 0. The topological polar surface area (TPSA) is 66.4 Å². The largest absolute Gasteiger partial charge is 1.00 e. The van der Waals surface area contributed by atoms with Crippen molar-refractivity contribution in [2.45, 2.75) is 130 Å². The second kappa shape index (κ2) is 20.2. The predicted octanol–water partition coefficient (Wildman–Crippen LogP) is 4.59. The molecule has 33 heavy (non-hydrogen) atoms. The van der Waals surface area contributed by atoms with Gasteiger partial charge < -0.3 is 9.29 Å². The molecule has 0 spiro atoms. The molecule has 6 heteroatoms. The molecule has 0 aliphatic heterocycles. The molecule has 0 N–H and O–H groups in total. The van der Waals surface area contributed by atoms with Crippen LogP contribution in [0.2, 0.25) is 0 Å². The molecule has 0 aliphatic carbocycles. The molecule has 1 unspecified atom stereocenters. The molecule has 0 heterocycles. The van der Waals surface area contributed by atoms with Gasteiger partial charge in [0.25, 0.3) is 0 Å². The number of unbranched alkanes of at least 4 members (excludes halogenated alkanes) is 12. The minimum Gasteiger partial charge on any atom is -0.748 e. The summed E-state index contributed by atoms with van der Waals surface area (Å²) in [4.78, 5) is 0. The molecule has 1 aromatic carbocycles. The first-order valence-electron chi connectivity index (χ1n) is 13.1. The van der Waals surface area contributed by atoms with E-state index in [0.717, 1.165) is 37.0 Å². The average molecular weight is 491 g/mol. The van der Waals surface area contributed by atoms with Crippen LogP contribution in [-0.4, -0.2) is 24.8 Å². The quantitative estimate of drug-likeness (QED) is 0.152. The van der Waals surface area contributed by atoms with Crippen molar-refractivity contribution in [2.75, 3.05) is 5.75 Å². The Morgan fingerprint density at radius 2 is 1.27 bits per heavy atom. The standard InChI is InChI=1S/C27H48O4S.Na/c1-4-6-8-10-12-14-16-18-25-20-21-26(19-17-15-13-11-9-7-5-2)27(22-25)31-24(3)23-32(28,29)30;/h20-22,24H,4-19,23H2,1-3H3,(H,28,29,30);/q;+1/p-1. The van der Waals surface area contributed by atoms with Gasteiger partial charge in [-0.25, -0.2) is 8.42 Å². The molecular weight excluding hydrogens is 443 g/mol. The Kier molecular flexibility index (Phi) is 20.1. The van der Waals surface area contributed by atoms with Crippen LogP contribution in [0, 0.1) is 0 Å². The molecule has 0 saturated heterocycles. The maximum Gasteiger partial charge on any atom is 1.00 e. The average Bonchev–Trinajstić information content (AvgIpc) is 2.72. The van der Waals surface area contributed by atoms with Gasteiger partial charge in [-0.15, -0.1) is 0 Å². The summed E-state index contributed by atoms with van der Waals surface area (Å²) >= 11 is 0. The third kappa shape index (κ3) is 17.9.